The molecule has 0 aliphatic carbocycles. The summed E-state index contributed by atoms with van der Waals surface area (Å²) in [6.45, 7) is 7.16. The fraction of sp³-hybridized carbons (Fsp3) is 0.258. The molecule has 1 aliphatic heterocycles. The Balaban J connectivity index is 0.00000420. The summed E-state index contributed by atoms with van der Waals surface area (Å²) >= 11 is 0. The zero-order valence-electron chi connectivity index (χ0n) is 22.6. The second-order valence-corrected chi connectivity index (χ2v) is 9.16. The Bertz CT molecular complexity index is 1390. The average molecular weight is 571 g/mol. The van der Waals surface area contributed by atoms with Crippen LogP contribution in [0, 0.1) is 0 Å². The monoisotopic (exact) mass is 570 g/mol. The van der Waals surface area contributed by atoms with Crippen molar-refractivity contribution in [3.63, 3.8) is 0 Å². The number of fused-ring (bicyclic) bond motifs is 1. The van der Waals surface area contributed by atoms with E-state index in [4.69, 9.17) is 9.47 Å². The maximum atomic E-state index is 12.4. The molecule has 3 aromatic carbocycles. The van der Waals surface area contributed by atoms with Gasteiger partial charge in [0.15, 0.2) is 0 Å². The number of hydrogen-bond donors (Lipinski definition) is 1. The number of ether oxygens (including phenoxy) is 2. The van der Waals surface area contributed by atoms with Crippen LogP contribution in [0.3, 0.4) is 0 Å². The van der Waals surface area contributed by atoms with Crippen molar-refractivity contribution in [2.24, 2.45) is 10.2 Å². The Hall–Kier alpha value is -3.88. The molecule has 0 bridgehead atoms. The van der Waals surface area contributed by atoms with Crippen LogP contribution >= 0.6 is 0 Å². The van der Waals surface area contributed by atoms with E-state index in [1.165, 1.54) is 0 Å². The largest absolute Gasteiger partial charge is 0.497 e. The maximum Gasteiger partial charge on any atom is 0.338 e. The summed E-state index contributed by atoms with van der Waals surface area (Å²) in [6.07, 6.45) is 4.18. The maximum absolute atomic E-state index is 12.4. The van der Waals surface area contributed by atoms with Gasteiger partial charge in [-0.25, -0.2) is 4.79 Å². The van der Waals surface area contributed by atoms with Crippen molar-refractivity contribution < 1.29 is 36.2 Å². The molecule has 0 amide bonds. The van der Waals surface area contributed by atoms with Crippen molar-refractivity contribution in [1.82, 2.24) is 0 Å². The molecule has 205 valence electrons. The van der Waals surface area contributed by atoms with Crippen molar-refractivity contribution in [2.45, 2.75) is 32.6 Å². The van der Waals surface area contributed by atoms with Crippen LogP contribution in [0.2, 0.25) is 0 Å². The zero-order valence-corrected chi connectivity index (χ0v) is 23.6. The van der Waals surface area contributed by atoms with Crippen LogP contribution in [0.25, 0.3) is 0 Å². The van der Waals surface area contributed by atoms with Gasteiger partial charge in [-0.2, -0.15) is 5.10 Å². The predicted molar refractivity (Wildman–Crippen MR) is 152 cm³/mol. The Kier molecular flexibility index (Phi) is 10.1. The van der Waals surface area contributed by atoms with Gasteiger partial charge in [0.1, 0.15) is 5.75 Å². The number of anilines is 1. The summed E-state index contributed by atoms with van der Waals surface area (Å²) in [4.78, 5) is 14.6. The number of likely N-dealkylation sites (N-methyl/N-ethyl adjacent to an activating group) is 1. The van der Waals surface area contributed by atoms with Crippen molar-refractivity contribution in [3.05, 3.63) is 107 Å². The van der Waals surface area contributed by atoms with Gasteiger partial charge in [0, 0.05) is 45.7 Å². The Morgan fingerprint density at radius 3 is 2.46 bits per heavy atom. The fourth-order valence-electron chi connectivity index (χ4n) is 4.95. The molecule has 1 radical (unpaired) electrons. The Labute approximate surface area is 240 Å². The zero-order chi connectivity index (χ0) is 27.1. The first-order valence-electron chi connectivity index (χ1n) is 12.7. The van der Waals surface area contributed by atoms with Gasteiger partial charge in [0.05, 0.1) is 25.5 Å². The predicted octanol–water partition coefficient (Wildman–Crippen LogP) is 6.08. The Morgan fingerprint density at radius 1 is 1.03 bits per heavy atom. The van der Waals surface area contributed by atoms with Crippen LogP contribution in [0.15, 0.2) is 94.8 Å². The molecule has 1 aliphatic rings. The van der Waals surface area contributed by atoms with Gasteiger partial charge < -0.3 is 19.5 Å². The molecule has 39 heavy (non-hydrogen) atoms. The van der Waals surface area contributed by atoms with E-state index in [1.54, 1.807) is 38.4 Å². The van der Waals surface area contributed by atoms with Crippen molar-refractivity contribution in [3.8, 4) is 5.75 Å². The summed E-state index contributed by atoms with van der Waals surface area (Å²) in [7, 11) is 1.66. The molecular weight excluding hydrogens is 537 g/mol. The first kappa shape index (κ1) is 29.7. The van der Waals surface area contributed by atoms with E-state index in [0.717, 1.165) is 34.8 Å². The van der Waals surface area contributed by atoms with Crippen LogP contribution in [0.1, 0.15) is 47.8 Å². The number of methoxy groups -OCH3 is 1. The quantitative estimate of drug-likeness (QED) is 0.146. The van der Waals surface area contributed by atoms with Crippen LogP contribution in [0.4, 0.5) is 5.69 Å². The topological polar surface area (TPSA) is 83.7 Å². The molecule has 1 unspecified atom stereocenters. The number of aliphatic hydroxyl groups is 1. The molecule has 0 aromatic heterocycles. The minimum Gasteiger partial charge on any atom is -0.497 e. The molecule has 0 saturated carbocycles. The number of benzene rings is 3. The summed E-state index contributed by atoms with van der Waals surface area (Å²) in [5.74, 6) is 0.298. The van der Waals surface area contributed by atoms with E-state index in [-0.39, 0.29) is 28.6 Å². The van der Waals surface area contributed by atoms with Gasteiger partial charge >= 0.3 is 5.97 Å². The number of carbonyl (C=O) groups excluding carboxylic acids is 1. The Morgan fingerprint density at radius 2 is 1.77 bits per heavy atom. The number of esters is 1. The van der Waals surface area contributed by atoms with E-state index in [9.17, 15) is 9.90 Å². The molecule has 4 rings (SSSR count). The number of carbonyl (C=O) groups is 1. The smallest absolute Gasteiger partial charge is 0.338 e. The van der Waals surface area contributed by atoms with Crippen molar-refractivity contribution in [2.75, 3.05) is 25.2 Å². The number of aliphatic hydroxyl groups excluding tert-OH is 1. The summed E-state index contributed by atoms with van der Waals surface area (Å²) in [6, 6.07) is 22.8. The molecular formula is C31H33CoN3O4. The number of allylic oxidation sites excluding steroid dienone is 2. The third kappa shape index (κ3) is 6.41. The minimum absolute atomic E-state index is 0. The molecule has 0 saturated heterocycles. The van der Waals surface area contributed by atoms with Crippen LogP contribution < -0.4 is 9.64 Å². The molecule has 1 heterocycles. The van der Waals surface area contributed by atoms with Crippen LogP contribution in [-0.2, 0) is 33.4 Å². The second kappa shape index (κ2) is 13.3. The SMILES string of the molecule is CCOC(=O)c1cccc(CC2(C)/C(=C/C=N/N=C(\O)c3ccccc3)N(CC)c3ccc(OC)cc32)c1.[Co]. The van der Waals surface area contributed by atoms with Crippen LogP contribution in [-0.4, -0.2) is 43.4 Å². The first-order valence-corrected chi connectivity index (χ1v) is 12.7. The second-order valence-electron chi connectivity index (χ2n) is 9.16. The molecule has 7 nitrogen and oxygen atoms in total. The van der Waals surface area contributed by atoms with E-state index >= 15 is 0 Å². The van der Waals surface area contributed by atoms with E-state index in [1.807, 2.05) is 48.5 Å². The van der Waals surface area contributed by atoms with Gasteiger partial charge in [-0.15, -0.1) is 5.10 Å². The van der Waals surface area contributed by atoms with Gasteiger partial charge in [-0.05, 0) is 86.9 Å². The molecule has 1 N–H and O–H groups in total. The van der Waals surface area contributed by atoms with Gasteiger partial charge in [-0.3, -0.25) is 0 Å². The molecule has 8 heteroatoms. The van der Waals surface area contributed by atoms with Gasteiger partial charge in [0.25, 0.3) is 0 Å². The molecule has 0 fully saturated rings. The van der Waals surface area contributed by atoms with Crippen molar-refractivity contribution in [1.29, 1.82) is 0 Å². The number of nitrogens with zero attached hydrogens (tertiary/aromatic N) is 3. The van der Waals surface area contributed by atoms with E-state index < -0.39 is 5.41 Å². The van der Waals surface area contributed by atoms with E-state index in [2.05, 4.69) is 41.1 Å². The van der Waals surface area contributed by atoms with Crippen LogP contribution in [0.5, 0.6) is 5.75 Å². The van der Waals surface area contributed by atoms with Crippen molar-refractivity contribution >= 4 is 23.8 Å². The summed E-state index contributed by atoms with van der Waals surface area (Å²) in [5.41, 5.74) is 4.92. The summed E-state index contributed by atoms with van der Waals surface area (Å²) in [5, 5.41) is 18.4. The fourth-order valence-corrected chi connectivity index (χ4v) is 4.95. The summed E-state index contributed by atoms with van der Waals surface area (Å²) < 4.78 is 10.8. The third-order valence-electron chi connectivity index (χ3n) is 6.74. The first-order chi connectivity index (χ1) is 18.4. The van der Waals surface area contributed by atoms with E-state index in [0.29, 0.717) is 24.2 Å². The van der Waals surface area contributed by atoms with Gasteiger partial charge in [0.2, 0.25) is 5.90 Å². The number of rotatable bonds is 9. The number of hydrogen-bond acceptors (Lipinski definition) is 6. The standard InChI is InChI=1S/C31H33N3O4.Co/c1-5-34-27-16-15-25(37-4)20-26(27)31(3,21-22-11-10-14-24(19-22)30(36)38-6-2)28(34)17-18-32-33-29(35)23-12-8-7-9-13-23;/h7-20H,5-6,21H2,1-4H3,(H,33,35);/b28-17-,32-18+;. The minimum atomic E-state index is -0.454. The average Bonchev–Trinajstić information content (AvgIpc) is 3.17. The van der Waals surface area contributed by atoms with Gasteiger partial charge in [-0.1, -0.05) is 30.3 Å². The third-order valence-corrected chi connectivity index (χ3v) is 6.74. The normalized spacial score (nSPS) is 17.7. The molecule has 0 spiro atoms. The molecule has 3 aromatic rings. The molecule has 1 atom stereocenters.